The monoisotopic (exact) mass is 1440 g/mol. The highest BCUT2D eigenvalue weighted by atomic mass is 127. The number of anilines is 1. The third-order valence-electron chi connectivity index (χ3n) is 19.8. The normalized spacial score (nSPS) is 26.1. The van der Waals surface area contributed by atoms with Crippen LogP contribution in [0.2, 0.25) is 0 Å². The molecule has 5 amide bonds. The topological polar surface area (TPSA) is 310 Å². The maximum Gasteiger partial charge on any atom is 0.328 e. The SMILES string of the molecule is CCC(=O)O[C@]1(C(=O)SCCCCCCCCCCP(=O)(O)OCc2ccc(NC(=O)C(CCCNC(N)=O)NC(=O)C(NC(=O)COC3CCCCCc4c3nnn4-c3ccc(CI)cc3)C(C)C)cc2)CC[C@H]2[C@@H]3C[C@H](F)C4=CC(=O)C=C[C@]4(C)C3[C@@H](O)C[C@@]21C. The summed E-state index contributed by atoms with van der Waals surface area (Å²) in [7, 11) is -3.92. The van der Waals surface area contributed by atoms with Gasteiger partial charge >= 0.3 is 19.6 Å². The molecule has 0 aliphatic heterocycles. The van der Waals surface area contributed by atoms with Crippen LogP contribution in [0.15, 0.2) is 72.3 Å². The quantitative estimate of drug-likeness (QED) is 0.0100. The van der Waals surface area contributed by atoms with Crippen LogP contribution in [0.5, 0.6) is 0 Å². The second-order valence-corrected chi connectivity index (χ2v) is 30.4. The molecule has 5 aliphatic rings. The van der Waals surface area contributed by atoms with Crippen LogP contribution in [-0.4, -0.2) is 121 Å². The number of carbonyl (C=O) groups excluding carboxylic acids is 7. The predicted molar refractivity (Wildman–Crippen MR) is 362 cm³/mol. The molecular weight excluding hydrogens is 1350 g/mol. The van der Waals surface area contributed by atoms with E-state index in [2.05, 4.69) is 66.3 Å². The third-order valence-corrected chi connectivity index (χ3v) is 23.2. The number of hydrogen-bond donors (Lipinski definition) is 7. The number of carbonyl (C=O) groups is 7. The number of aliphatic hydroxyl groups excluding tert-OH is 1. The van der Waals surface area contributed by atoms with Gasteiger partial charge in [0.25, 0.3) is 0 Å². The number of fused-ring (bicyclic) bond motifs is 6. The summed E-state index contributed by atoms with van der Waals surface area (Å²) in [6, 6.07) is 11.9. The Balaban J connectivity index is 0.733. The molecule has 12 atom stereocenters. The summed E-state index contributed by atoms with van der Waals surface area (Å²) in [5, 5.41) is 31.6. The third kappa shape index (κ3) is 18.4. The van der Waals surface area contributed by atoms with Crippen LogP contribution in [0, 0.1) is 34.5 Å². The smallest absolute Gasteiger partial charge is 0.328 e. The van der Waals surface area contributed by atoms with Crippen molar-refractivity contribution in [3.63, 3.8) is 0 Å². The molecule has 1 aromatic heterocycles. The summed E-state index contributed by atoms with van der Waals surface area (Å²) in [6.45, 7) is 8.75. The van der Waals surface area contributed by atoms with E-state index in [1.165, 1.54) is 29.5 Å². The fourth-order valence-corrected chi connectivity index (χ4v) is 17.6. The number of aromatic nitrogens is 3. The lowest BCUT2D eigenvalue weighted by Gasteiger charge is -2.60. The maximum atomic E-state index is 16.0. The number of aliphatic hydroxyl groups is 1. The zero-order chi connectivity index (χ0) is 67.1. The summed E-state index contributed by atoms with van der Waals surface area (Å²) in [5.41, 5.74) is 7.21. The molecule has 5 unspecified atom stereocenters. The Morgan fingerprint density at radius 1 is 0.914 bits per heavy atom. The van der Waals surface area contributed by atoms with Gasteiger partial charge in [-0.25, -0.2) is 13.9 Å². The highest BCUT2D eigenvalue weighted by molar-refractivity contribution is 14.1. The number of nitrogens with two attached hydrogens (primary N) is 1. The van der Waals surface area contributed by atoms with E-state index in [1.54, 1.807) is 51.1 Å². The van der Waals surface area contributed by atoms with E-state index in [-0.39, 0.29) is 92.6 Å². The molecule has 510 valence electrons. The summed E-state index contributed by atoms with van der Waals surface area (Å²) >= 11 is 3.50. The molecule has 3 aromatic rings. The number of esters is 1. The fraction of sp³-hybridized carbons (Fsp3) is 0.632. The molecule has 0 radical (unpaired) electrons. The van der Waals surface area contributed by atoms with Crippen molar-refractivity contribution < 1.29 is 66.5 Å². The number of nitrogens with one attached hydrogen (secondary N) is 4. The van der Waals surface area contributed by atoms with E-state index in [9.17, 15) is 48.1 Å². The zero-order valence-electron chi connectivity index (χ0n) is 54.3. The van der Waals surface area contributed by atoms with Gasteiger partial charge in [-0.1, -0.05) is 156 Å². The lowest BCUT2D eigenvalue weighted by Crippen LogP contribution is -2.63. The second kappa shape index (κ2) is 33.5. The lowest BCUT2D eigenvalue weighted by molar-refractivity contribution is -0.196. The van der Waals surface area contributed by atoms with Gasteiger partial charge in [-0.15, -0.1) is 5.10 Å². The van der Waals surface area contributed by atoms with Crippen molar-refractivity contribution in [2.75, 3.05) is 30.4 Å². The number of unbranched alkanes of at least 4 members (excludes halogenated alkanes) is 7. The van der Waals surface area contributed by atoms with Gasteiger partial charge in [0.15, 0.2) is 11.4 Å². The Labute approximate surface area is 563 Å². The molecule has 1 heterocycles. The number of rotatable bonds is 32. The van der Waals surface area contributed by atoms with Crippen molar-refractivity contribution in [3.05, 3.63) is 94.8 Å². The molecule has 8 rings (SSSR count). The number of ether oxygens (including phenoxy) is 2. The minimum Gasteiger partial charge on any atom is -0.449 e. The maximum absolute atomic E-state index is 16.0. The number of ketones is 1. The molecule has 0 spiro atoms. The number of nitrogens with zero attached hydrogens (tertiary/aromatic N) is 3. The Morgan fingerprint density at radius 3 is 2.30 bits per heavy atom. The highest BCUT2D eigenvalue weighted by Gasteiger charge is 2.71. The standard InChI is InChI=1S/C68H95FIN8O13PS/c1-6-58(82)91-68(33-31-50-49-38-52(69)51-37-48(79)30-32-66(51,4)59(49)55(80)39-67(50,68)5)64(85)93-36-17-12-10-8-7-9-11-16-35-92(87,88)90-41-45-22-26-46(27-23-45)73-62(83)53(19-18-34-72-65(71)86)74-63(84)60(43(2)3)75-57(81)42-89-56-21-15-13-14-20-54-61(56)76-77-78(54)47-28-24-44(40-70)25-29-47/h22-30,32,37,43,49-50,52-53,55-56,59-60,80H,6-21,31,33-36,38-42H2,1-5H3,(H,73,83)(H,74,84)(H,75,81)(H,87,88)(H3,71,72,86)/t49-,50-,52-,53?,55-,56?,59?,60?,66-,67-,68-/m0/s1. The van der Waals surface area contributed by atoms with Crippen molar-refractivity contribution in [3.8, 4) is 5.69 Å². The predicted octanol–water partition coefficient (Wildman–Crippen LogP) is 11.1. The van der Waals surface area contributed by atoms with E-state index in [0.29, 0.717) is 54.0 Å². The number of hydrogen-bond acceptors (Lipinski definition) is 15. The van der Waals surface area contributed by atoms with Gasteiger partial charge in [-0.2, -0.15) is 0 Å². The van der Waals surface area contributed by atoms with E-state index < -0.39 is 84.2 Å². The number of amides is 5. The van der Waals surface area contributed by atoms with E-state index in [1.807, 2.05) is 30.7 Å². The summed E-state index contributed by atoms with van der Waals surface area (Å²) in [4.78, 5) is 103. The summed E-state index contributed by atoms with van der Waals surface area (Å²) in [5.74, 6) is -3.01. The molecule has 5 aliphatic carbocycles. The Bertz CT molecular complexity index is 3230. The van der Waals surface area contributed by atoms with Gasteiger partial charge in [-0.05, 0) is 142 Å². The van der Waals surface area contributed by atoms with Crippen molar-refractivity contribution in [2.24, 2.45) is 40.2 Å². The first-order valence-electron chi connectivity index (χ1n) is 33.3. The Morgan fingerprint density at radius 2 is 1.61 bits per heavy atom. The van der Waals surface area contributed by atoms with E-state index in [0.717, 1.165) is 86.4 Å². The first-order chi connectivity index (χ1) is 44.4. The molecular formula is C68H95FIN8O13PS. The molecule has 0 bridgehead atoms. The van der Waals surface area contributed by atoms with Gasteiger partial charge in [-0.3, -0.25) is 33.3 Å². The van der Waals surface area contributed by atoms with Gasteiger partial charge in [0.2, 0.25) is 22.8 Å². The van der Waals surface area contributed by atoms with Crippen molar-refractivity contribution in [1.29, 1.82) is 0 Å². The minimum atomic E-state index is -3.92. The highest BCUT2D eigenvalue weighted by Crippen LogP contribution is 2.68. The molecule has 93 heavy (non-hydrogen) atoms. The number of alkyl halides is 2. The van der Waals surface area contributed by atoms with E-state index in [4.69, 9.17) is 19.7 Å². The van der Waals surface area contributed by atoms with Gasteiger partial charge < -0.3 is 51.0 Å². The largest absolute Gasteiger partial charge is 0.449 e. The number of allylic oxidation sites excluding steroid dienone is 4. The minimum absolute atomic E-state index is 0.00643. The first kappa shape index (κ1) is 73.4. The van der Waals surface area contributed by atoms with Crippen LogP contribution in [0.25, 0.3) is 5.69 Å². The van der Waals surface area contributed by atoms with Crippen LogP contribution in [0.4, 0.5) is 14.9 Å². The Kier molecular flexibility index (Phi) is 26.5. The molecule has 8 N–H and O–H groups in total. The average molecular weight is 1440 g/mol. The fourth-order valence-electron chi connectivity index (χ4n) is 14.8. The number of benzene rings is 2. The number of urea groups is 1. The van der Waals surface area contributed by atoms with Crippen LogP contribution < -0.4 is 27.0 Å². The molecule has 0 saturated heterocycles. The first-order valence-corrected chi connectivity index (χ1v) is 37.6. The van der Waals surface area contributed by atoms with Crippen LogP contribution in [0.1, 0.15) is 185 Å². The second-order valence-electron chi connectivity index (χ2n) is 26.6. The molecule has 2 aromatic carbocycles. The van der Waals surface area contributed by atoms with Gasteiger partial charge in [0.05, 0.1) is 24.1 Å². The molecule has 3 fully saturated rings. The average Bonchev–Trinajstić information content (AvgIpc) is 1.66. The van der Waals surface area contributed by atoms with Crippen LogP contribution in [0.3, 0.4) is 0 Å². The van der Waals surface area contributed by atoms with Crippen LogP contribution in [-0.2, 0) is 64.8 Å². The van der Waals surface area contributed by atoms with E-state index >= 15 is 4.39 Å². The van der Waals surface area contributed by atoms with Gasteiger partial charge in [0.1, 0.15) is 36.7 Å². The number of thioether (sulfide) groups is 1. The van der Waals surface area contributed by atoms with Crippen molar-refractivity contribution in [1.82, 2.24) is 30.9 Å². The Hall–Kier alpha value is -5.37. The number of halogens is 2. The number of primary amides is 1. The van der Waals surface area contributed by atoms with Crippen LogP contribution >= 0.6 is 41.9 Å². The lowest BCUT2D eigenvalue weighted by atomic mass is 9.46. The van der Waals surface area contributed by atoms with Gasteiger partial charge in [0, 0.05) is 51.7 Å². The van der Waals surface area contributed by atoms with Crippen molar-refractivity contribution >= 4 is 88.3 Å². The molecule has 3 saturated carbocycles. The molecule has 21 nitrogen and oxygen atoms in total. The van der Waals surface area contributed by atoms with Crippen molar-refractivity contribution in [2.45, 2.75) is 210 Å². The zero-order valence-corrected chi connectivity index (χ0v) is 58.2. The summed E-state index contributed by atoms with van der Waals surface area (Å²) in [6.07, 6.45) is 14.4. The summed E-state index contributed by atoms with van der Waals surface area (Å²) < 4.78 is 49.7. The molecule has 25 heteroatoms.